The molecule has 6 heteroatoms. The van der Waals surface area contributed by atoms with Crippen molar-refractivity contribution >= 4 is 17.4 Å². The van der Waals surface area contributed by atoms with Crippen molar-refractivity contribution in [3.8, 4) is 17.2 Å². The number of hydrogen-bond acceptors (Lipinski definition) is 5. The maximum Gasteiger partial charge on any atom is 0.224 e. The molecule has 2 aromatic rings. The van der Waals surface area contributed by atoms with Gasteiger partial charge in [-0.15, -0.1) is 0 Å². The van der Waals surface area contributed by atoms with Crippen LogP contribution in [0.15, 0.2) is 42.5 Å². The van der Waals surface area contributed by atoms with Crippen molar-refractivity contribution in [1.82, 2.24) is 0 Å². The molecular weight excluding hydrogens is 334 g/mol. The molecule has 0 radical (unpaired) electrons. The smallest absolute Gasteiger partial charge is 0.224 e. The maximum absolute atomic E-state index is 12.4. The van der Waals surface area contributed by atoms with Gasteiger partial charge in [0.2, 0.25) is 5.91 Å². The molecule has 0 aromatic heterocycles. The van der Waals surface area contributed by atoms with Crippen molar-refractivity contribution in [3.05, 3.63) is 48.0 Å². The molecule has 0 aliphatic rings. The van der Waals surface area contributed by atoms with Crippen LogP contribution in [0.2, 0.25) is 0 Å². The molecule has 0 saturated heterocycles. The van der Waals surface area contributed by atoms with Gasteiger partial charge >= 0.3 is 0 Å². The van der Waals surface area contributed by atoms with Crippen LogP contribution in [-0.4, -0.2) is 32.5 Å². The van der Waals surface area contributed by atoms with Crippen LogP contribution in [0.4, 0.5) is 5.69 Å². The number of rotatable bonds is 9. The Morgan fingerprint density at radius 1 is 0.923 bits per heavy atom. The van der Waals surface area contributed by atoms with E-state index in [-0.39, 0.29) is 24.5 Å². The fourth-order valence-electron chi connectivity index (χ4n) is 2.42. The van der Waals surface area contributed by atoms with Crippen molar-refractivity contribution in [2.75, 3.05) is 26.1 Å². The van der Waals surface area contributed by atoms with Crippen LogP contribution in [0.5, 0.6) is 17.2 Å². The Bertz CT molecular complexity index is 755. The first-order valence-corrected chi connectivity index (χ1v) is 8.35. The largest absolute Gasteiger partial charge is 0.497 e. The molecule has 26 heavy (non-hydrogen) atoms. The van der Waals surface area contributed by atoms with Crippen molar-refractivity contribution in [1.29, 1.82) is 0 Å². The summed E-state index contributed by atoms with van der Waals surface area (Å²) in [5.74, 6) is 1.39. The Morgan fingerprint density at radius 3 is 2.23 bits per heavy atom. The van der Waals surface area contributed by atoms with E-state index in [1.165, 1.54) is 7.11 Å². The first kappa shape index (κ1) is 19.3. The zero-order valence-corrected chi connectivity index (χ0v) is 15.2. The number of anilines is 1. The Labute approximate surface area is 153 Å². The molecule has 2 aromatic carbocycles. The summed E-state index contributed by atoms with van der Waals surface area (Å²) >= 11 is 0. The van der Waals surface area contributed by atoms with Gasteiger partial charge in [0.25, 0.3) is 0 Å². The standard InChI is InChI=1S/C20H23NO5/c1-4-26-15-7-5-14(6-8-15)21-20(23)12-11-18(22)17-10-9-16(24-2)13-19(17)25-3/h5-10,13H,4,11-12H2,1-3H3,(H,21,23). The fraction of sp³-hybridized carbons (Fsp3) is 0.300. The predicted octanol–water partition coefficient (Wildman–Crippen LogP) is 3.70. The molecule has 0 spiro atoms. The van der Waals surface area contributed by atoms with Crippen LogP contribution in [0.1, 0.15) is 30.1 Å². The highest BCUT2D eigenvalue weighted by atomic mass is 16.5. The molecule has 6 nitrogen and oxygen atoms in total. The second kappa shape index (κ2) is 9.46. The molecule has 138 valence electrons. The number of ether oxygens (including phenoxy) is 3. The molecular formula is C20H23NO5. The lowest BCUT2D eigenvalue weighted by Crippen LogP contribution is -2.13. The van der Waals surface area contributed by atoms with E-state index in [0.29, 0.717) is 29.4 Å². The number of amides is 1. The highest BCUT2D eigenvalue weighted by Gasteiger charge is 2.15. The Hall–Kier alpha value is -3.02. The second-order valence-corrected chi connectivity index (χ2v) is 5.49. The topological polar surface area (TPSA) is 73.9 Å². The normalized spacial score (nSPS) is 10.1. The minimum absolute atomic E-state index is 0.0846. The molecule has 0 aliphatic heterocycles. The summed E-state index contributed by atoms with van der Waals surface area (Å²) in [4.78, 5) is 24.4. The molecule has 2 rings (SSSR count). The van der Waals surface area contributed by atoms with Gasteiger partial charge in [-0.2, -0.15) is 0 Å². The predicted molar refractivity (Wildman–Crippen MR) is 99.4 cm³/mol. The van der Waals surface area contributed by atoms with E-state index in [4.69, 9.17) is 14.2 Å². The van der Waals surface area contributed by atoms with Crippen LogP contribution in [0, 0.1) is 0 Å². The average molecular weight is 357 g/mol. The molecule has 0 heterocycles. The van der Waals surface area contributed by atoms with Crippen LogP contribution in [0.25, 0.3) is 0 Å². The molecule has 0 atom stereocenters. The number of carbonyl (C=O) groups is 2. The third kappa shape index (κ3) is 5.24. The van der Waals surface area contributed by atoms with Crippen molar-refractivity contribution in [2.24, 2.45) is 0 Å². The summed E-state index contributed by atoms with van der Waals surface area (Å²) in [5.41, 5.74) is 1.09. The SMILES string of the molecule is CCOc1ccc(NC(=O)CCC(=O)c2ccc(OC)cc2OC)cc1. The van der Waals surface area contributed by atoms with Crippen LogP contribution in [-0.2, 0) is 4.79 Å². The van der Waals surface area contributed by atoms with Gasteiger partial charge in [-0.05, 0) is 43.3 Å². The molecule has 1 amide bonds. The third-order valence-corrected chi connectivity index (χ3v) is 3.74. The first-order valence-electron chi connectivity index (χ1n) is 8.35. The first-order chi connectivity index (χ1) is 12.6. The quantitative estimate of drug-likeness (QED) is 0.693. The highest BCUT2D eigenvalue weighted by molar-refractivity contribution is 6.01. The van der Waals surface area contributed by atoms with Crippen LogP contribution in [0.3, 0.4) is 0 Å². The van der Waals surface area contributed by atoms with Gasteiger partial charge in [-0.3, -0.25) is 9.59 Å². The number of methoxy groups -OCH3 is 2. The molecule has 1 N–H and O–H groups in total. The molecule has 0 saturated carbocycles. The zero-order chi connectivity index (χ0) is 18.9. The van der Waals surface area contributed by atoms with Gasteiger partial charge in [0.05, 0.1) is 26.4 Å². The van der Waals surface area contributed by atoms with E-state index in [1.54, 1.807) is 49.6 Å². The van der Waals surface area contributed by atoms with E-state index < -0.39 is 0 Å². The van der Waals surface area contributed by atoms with Gasteiger partial charge in [0.15, 0.2) is 5.78 Å². The number of ketones is 1. The summed E-state index contributed by atoms with van der Waals surface area (Å²) in [6, 6.07) is 12.1. The van der Waals surface area contributed by atoms with Gasteiger partial charge < -0.3 is 19.5 Å². The Morgan fingerprint density at radius 2 is 1.62 bits per heavy atom. The molecule has 0 aliphatic carbocycles. The number of carbonyl (C=O) groups excluding carboxylic acids is 2. The monoisotopic (exact) mass is 357 g/mol. The molecule has 0 unspecified atom stereocenters. The van der Waals surface area contributed by atoms with E-state index in [0.717, 1.165) is 5.75 Å². The van der Waals surface area contributed by atoms with Crippen LogP contribution < -0.4 is 19.5 Å². The van der Waals surface area contributed by atoms with E-state index in [9.17, 15) is 9.59 Å². The van der Waals surface area contributed by atoms with Gasteiger partial charge in [-0.25, -0.2) is 0 Å². The van der Waals surface area contributed by atoms with E-state index >= 15 is 0 Å². The third-order valence-electron chi connectivity index (χ3n) is 3.74. The zero-order valence-electron chi connectivity index (χ0n) is 15.2. The van der Waals surface area contributed by atoms with Crippen LogP contribution >= 0.6 is 0 Å². The Kier molecular flexibility index (Phi) is 7.02. The molecule has 0 fully saturated rings. The van der Waals surface area contributed by atoms with E-state index in [1.807, 2.05) is 6.92 Å². The summed E-state index contributed by atoms with van der Waals surface area (Å²) in [7, 11) is 3.03. The summed E-state index contributed by atoms with van der Waals surface area (Å²) in [6.07, 6.45) is 0.173. The second-order valence-electron chi connectivity index (χ2n) is 5.49. The highest BCUT2D eigenvalue weighted by Crippen LogP contribution is 2.26. The number of nitrogens with one attached hydrogen (secondary N) is 1. The molecule has 0 bridgehead atoms. The number of Topliss-reactive ketones (excluding diaryl/α,β-unsaturated/α-hetero) is 1. The summed E-state index contributed by atoms with van der Waals surface area (Å²) in [5, 5.41) is 2.77. The lowest BCUT2D eigenvalue weighted by atomic mass is 10.0. The van der Waals surface area contributed by atoms with E-state index in [2.05, 4.69) is 5.32 Å². The van der Waals surface area contributed by atoms with Crippen molar-refractivity contribution in [2.45, 2.75) is 19.8 Å². The number of benzene rings is 2. The minimum Gasteiger partial charge on any atom is -0.497 e. The van der Waals surface area contributed by atoms with Crippen molar-refractivity contribution in [3.63, 3.8) is 0 Å². The Balaban J connectivity index is 1.91. The average Bonchev–Trinajstić information content (AvgIpc) is 2.67. The number of hydrogen-bond donors (Lipinski definition) is 1. The van der Waals surface area contributed by atoms with Gasteiger partial charge in [0.1, 0.15) is 17.2 Å². The lowest BCUT2D eigenvalue weighted by molar-refractivity contribution is -0.116. The maximum atomic E-state index is 12.4. The summed E-state index contributed by atoms with van der Waals surface area (Å²) in [6.45, 7) is 2.49. The lowest BCUT2D eigenvalue weighted by Gasteiger charge is -2.10. The van der Waals surface area contributed by atoms with Crippen molar-refractivity contribution < 1.29 is 23.8 Å². The van der Waals surface area contributed by atoms with Gasteiger partial charge in [-0.1, -0.05) is 0 Å². The fourth-order valence-corrected chi connectivity index (χ4v) is 2.42. The minimum atomic E-state index is -0.227. The summed E-state index contributed by atoms with van der Waals surface area (Å²) < 4.78 is 15.7. The van der Waals surface area contributed by atoms with Gasteiger partial charge in [0, 0.05) is 24.6 Å².